The Morgan fingerprint density at radius 2 is 2.17 bits per heavy atom. The molecular formula is C13H24N2O3. The topological polar surface area (TPSA) is 69.6 Å². The number of rotatable bonds is 5. The number of carbonyl (C=O) groups is 2. The molecule has 0 bridgehead atoms. The number of urea groups is 1. The number of carboxylic acids is 1. The largest absolute Gasteiger partial charge is 0.481 e. The van der Waals surface area contributed by atoms with E-state index in [0.29, 0.717) is 19.0 Å². The van der Waals surface area contributed by atoms with E-state index in [-0.39, 0.29) is 6.03 Å². The van der Waals surface area contributed by atoms with Crippen LogP contribution in [0.3, 0.4) is 0 Å². The van der Waals surface area contributed by atoms with Gasteiger partial charge < -0.3 is 15.3 Å². The standard InChI is InChI=1S/C13H24N2O3/c1-3-11-6-4-5-9-15(11)13(18)14-8-7-10(2)12(16)17/h10-11H,3-9H2,1-2H3,(H,14,18)(H,16,17). The fourth-order valence-corrected chi connectivity index (χ4v) is 2.31. The average Bonchev–Trinajstić information content (AvgIpc) is 2.38. The van der Waals surface area contributed by atoms with Crippen LogP contribution in [0, 0.1) is 5.92 Å². The third-order valence-corrected chi connectivity index (χ3v) is 3.63. The Bertz CT molecular complexity index is 294. The lowest BCUT2D eigenvalue weighted by molar-refractivity contribution is -0.141. The number of hydrogen-bond acceptors (Lipinski definition) is 2. The van der Waals surface area contributed by atoms with E-state index in [0.717, 1.165) is 25.8 Å². The predicted octanol–water partition coefficient (Wildman–Crippen LogP) is 2.07. The maximum absolute atomic E-state index is 12.0. The van der Waals surface area contributed by atoms with Gasteiger partial charge in [0, 0.05) is 19.1 Å². The predicted molar refractivity (Wildman–Crippen MR) is 69.5 cm³/mol. The van der Waals surface area contributed by atoms with Crippen molar-refractivity contribution in [3.05, 3.63) is 0 Å². The zero-order valence-corrected chi connectivity index (χ0v) is 11.3. The maximum atomic E-state index is 12.0. The number of nitrogens with zero attached hydrogens (tertiary/aromatic N) is 1. The molecule has 0 saturated carbocycles. The molecule has 0 aromatic carbocycles. The summed E-state index contributed by atoms with van der Waals surface area (Å²) in [5, 5.41) is 11.6. The summed E-state index contributed by atoms with van der Waals surface area (Å²) in [6.45, 7) is 5.01. The number of likely N-dealkylation sites (tertiary alicyclic amines) is 1. The molecule has 2 N–H and O–H groups in total. The molecule has 0 aromatic heterocycles. The first-order chi connectivity index (χ1) is 8.56. The molecule has 1 saturated heterocycles. The quantitative estimate of drug-likeness (QED) is 0.791. The summed E-state index contributed by atoms with van der Waals surface area (Å²) in [6, 6.07) is 0.301. The molecule has 1 heterocycles. The minimum absolute atomic E-state index is 0.0425. The molecule has 2 unspecified atom stereocenters. The first-order valence-electron chi connectivity index (χ1n) is 6.83. The van der Waals surface area contributed by atoms with Gasteiger partial charge in [0.2, 0.25) is 0 Å². The lowest BCUT2D eigenvalue weighted by atomic mass is 10.0. The summed E-state index contributed by atoms with van der Waals surface area (Å²) < 4.78 is 0. The van der Waals surface area contributed by atoms with E-state index in [1.165, 1.54) is 6.42 Å². The molecule has 0 spiro atoms. The Morgan fingerprint density at radius 3 is 2.78 bits per heavy atom. The summed E-state index contributed by atoms with van der Waals surface area (Å²) in [5.74, 6) is -1.22. The average molecular weight is 256 g/mol. The molecule has 5 heteroatoms. The van der Waals surface area contributed by atoms with E-state index in [1.807, 2.05) is 4.90 Å². The molecule has 1 aliphatic rings. The molecule has 0 radical (unpaired) electrons. The van der Waals surface area contributed by atoms with Gasteiger partial charge in [0.05, 0.1) is 5.92 Å². The van der Waals surface area contributed by atoms with Gasteiger partial charge in [-0.25, -0.2) is 4.79 Å². The van der Waals surface area contributed by atoms with Gasteiger partial charge in [0.15, 0.2) is 0 Å². The van der Waals surface area contributed by atoms with Crippen molar-refractivity contribution in [3.8, 4) is 0 Å². The van der Waals surface area contributed by atoms with Crippen LogP contribution < -0.4 is 5.32 Å². The first kappa shape index (κ1) is 14.8. The van der Waals surface area contributed by atoms with Crippen molar-refractivity contribution < 1.29 is 14.7 Å². The van der Waals surface area contributed by atoms with Crippen LogP contribution in [0.1, 0.15) is 46.0 Å². The van der Waals surface area contributed by atoms with Crippen molar-refractivity contribution in [2.45, 2.75) is 52.0 Å². The lowest BCUT2D eigenvalue weighted by Gasteiger charge is -2.35. The number of piperidine rings is 1. The van der Waals surface area contributed by atoms with Crippen molar-refractivity contribution in [3.63, 3.8) is 0 Å². The minimum atomic E-state index is -0.811. The maximum Gasteiger partial charge on any atom is 0.317 e. The zero-order valence-electron chi connectivity index (χ0n) is 11.3. The summed E-state index contributed by atoms with van der Waals surface area (Å²) >= 11 is 0. The normalized spacial score (nSPS) is 21.4. The van der Waals surface area contributed by atoms with Gasteiger partial charge in [-0.2, -0.15) is 0 Å². The SMILES string of the molecule is CCC1CCCCN1C(=O)NCCC(C)C(=O)O. The Hall–Kier alpha value is -1.26. The molecule has 1 aliphatic heterocycles. The van der Waals surface area contributed by atoms with Gasteiger partial charge in [0.25, 0.3) is 0 Å². The van der Waals surface area contributed by atoms with E-state index < -0.39 is 11.9 Å². The van der Waals surface area contributed by atoms with E-state index in [4.69, 9.17) is 5.11 Å². The number of nitrogens with one attached hydrogen (secondary N) is 1. The van der Waals surface area contributed by atoms with Gasteiger partial charge in [-0.1, -0.05) is 13.8 Å². The van der Waals surface area contributed by atoms with Crippen LogP contribution in [0.4, 0.5) is 4.79 Å². The van der Waals surface area contributed by atoms with Gasteiger partial charge in [-0.05, 0) is 32.1 Å². The van der Waals surface area contributed by atoms with Gasteiger partial charge in [-0.15, -0.1) is 0 Å². The molecule has 0 aliphatic carbocycles. The summed E-state index contributed by atoms with van der Waals surface area (Å²) in [6.07, 6.45) is 4.80. The number of amides is 2. The highest BCUT2D eigenvalue weighted by Crippen LogP contribution is 2.19. The van der Waals surface area contributed by atoms with Crippen LogP contribution in [-0.2, 0) is 4.79 Å². The van der Waals surface area contributed by atoms with E-state index >= 15 is 0 Å². The molecule has 2 atom stereocenters. The molecular weight excluding hydrogens is 232 g/mol. The minimum Gasteiger partial charge on any atom is -0.481 e. The Labute approximate surface area is 109 Å². The highest BCUT2D eigenvalue weighted by atomic mass is 16.4. The van der Waals surface area contributed by atoms with E-state index in [9.17, 15) is 9.59 Å². The molecule has 1 rings (SSSR count). The van der Waals surface area contributed by atoms with E-state index in [1.54, 1.807) is 6.92 Å². The molecule has 0 aromatic rings. The Morgan fingerprint density at radius 1 is 1.44 bits per heavy atom. The van der Waals surface area contributed by atoms with Crippen LogP contribution in [0.2, 0.25) is 0 Å². The second-order valence-electron chi connectivity index (χ2n) is 5.01. The van der Waals surface area contributed by atoms with Crippen LogP contribution in [-0.4, -0.2) is 41.1 Å². The highest BCUT2D eigenvalue weighted by molar-refractivity contribution is 5.74. The van der Waals surface area contributed by atoms with Crippen LogP contribution in [0.15, 0.2) is 0 Å². The monoisotopic (exact) mass is 256 g/mol. The van der Waals surface area contributed by atoms with Crippen molar-refractivity contribution in [2.75, 3.05) is 13.1 Å². The smallest absolute Gasteiger partial charge is 0.317 e. The van der Waals surface area contributed by atoms with Crippen LogP contribution in [0.5, 0.6) is 0 Å². The van der Waals surface area contributed by atoms with E-state index in [2.05, 4.69) is 12.2 Å². The number of hydrogen-bond donors (Lipinski definition) is 2. The highest BCUT2D eigenvalue weighted by Gasteiger charge is 2.25. The fourth-order valence-electron chi connectivity index (χ4n) is 2.31. The third kappa shape index (κ3) is 4.20. The van der Waals surface area contributed by atoms with Crippen molar-refractivity contribution in [1.29, 1.82) is 0 Å². The molecule has 2 amide bonds. The molecule has 18 heavy (non-hydrogen) atoms. The van der Waals surface area contributed by atoms with Crippen LogP contribution in [0.25, 0.3) is 0 Å². The third-order valence-electron chi connectivity index (χ3n) is 3.63. The molecule has 104 valence electrons. The van der Waals surface area contributed by atoms with Crippen LogP contribution >= 0.6 is 0 Å². The second-order valence-corrected chi connectivity index (χ2v) is 5.01. The fraction of sp³-hybridized carbons (Fsp3) is 0.846. The number of carbonyl (C=O) groups excluding carboxylic acids is 1. The van der Waals surface area contributed by atoms with Gasteiger partial charge in [-0.3, -0.25) is 4.79 Å². The van der Waals surface area contributed by atoms with Crippen molar-refractivity contribution >= 4 is 12.0 Å². The lowest BCUT2D eigenvalue weighted by Crippen LogP contribution is -2.48. The molecule has 1 fully saturated rings. The number of aliphatic carboxylic acids is 1. The summed E-state index contributed by atoms with van der Waals surface area (Å²) in [5.41, 5.74) is 0. The summed E-state index contributed by atoms with van der Waals surface area (Å²) in [7, 11) is 0. The Balaban J connectivity index is 2.33. The number of carboxylic acid groups (broad SMARTS) is 1. The molecule has 5 nitrogen and oxygen atoms in total. The zero-order chi connectivity index (χ0) is 13.5. The first-order valence-corrected chi connectivity index (χ1v) is 6.83. The Kier molecular flexibility index (Phi) is 5.95. The second kappa shape index (κ2) is 7.24. The van der Waals surface area contributed by atoms with Crippen molar-refractivity contribution in [2.24, 2.45) is 5.92 Å². The van der Waals surface area contributed by atoms with Gasteiger partial charge in [0.1, 0.15) is 0 Å². The van der Waals surface area contributed by atoms with Gasteiger partial charge >= 0.3 is 12.0 Å². The van der Waals surface area contributed by atoms with Crippen molar-refractivity contribution in [1.82, 2.24) is 10.2 Å². The summed E-state index contributed by atoms with van der Waals surface area (Å²) in [4.78, 5) is 24.5.